The lowest BCUT2D eigenvalue weighted by atomic mass is 10.0. The Morgan fingerprint density at radius 1 is 0.586 bits per heavy atom. The Labute approximate surface area is 359 Å². The van der Waals surface area contributed by atoms with Crippen molar-refractivity contribution in [1.29, 1.82) is 0 Å². The van der Waals surface area contributed by atoms with Gasteiger partial charge in [-0.25, -0.2) is 0 Å². The van der Waals surface area contributed by atoms with Crippen LogP contribution in [0.1, 0.15) is 219 Å². The van der Waals surface area contributed by atoms with Gasteiger partial charge in [0.15, 0.2) is 0 Å². The fraction of sp³-hybridized carbons (Fsp3) is 0.857. The van der Waals surface area contributed by atoms with Crippen molar-refractivity contribution in [1.82, 2.24) is 5.32 Å². The molecule has 0 aliphatic rings. The third-order valence-corrected chi connectivity index (χ3v) is 11.8. The van der Waals surface area contributed by atoms with Crippen molar-refractivity contribution >= 4 is 13.7 Å². The number of amides is 1. The topological polar surface area (TPSA) is 108 Å². The van der Waals surface area contributed by atoms with Gasteiger partial charge in [-0.05, 0) is 44.9 Å². The predicted octanol–water partition coefficient (Wildman–Crippen LogP) is 13.2. The summed E-state index contributed by atoms with van der Waals surface area (Å²) in [5, 5.41) is 13.6. The minimum atomic E-state index is -4.58. The number of phosphoric ester groups is 1. The molecule has 0 rings (SSSR count). The quantitative estimate of drug-likeness (QED) is 0.0274. The first-order valence-corrected chi connectivity index (χ1v) is 25.8. The Morgan fingerprint density at radius 3 is 1.40 bits per heavy atom. The predicted molar refractivity (Wildman–Crippen MR) is 247 cm³/mol. The number of carbonyl (C=O) groups is 1. The molecule has 0 spiro atoms. The highest BCUT2D eigenvalue weighted by atomic mass is 31.2. The number of aliphatic hydroxyl groups is 1. The van der Waals surface area contributed by atoms with Crippen LogP contribution in [0, 0.1) is 0 Å². The first-order valence-electron chi connectivity index (χ1n) is 24.4. The molecule has 58 heavy (non-hydrogen) atoms. The van der Waals surface area contributed by atoms with Crippen LogP contribution in [0.25, 0.3) is 0 Å². The minimum Gasteiger partial charge on any atom is -0.756 e. The van der Waals surface area contributed by atoms with E-state index < -0.39 is 26.6 Å². The lowest BCUT2D eigenvalue weighted by Gasteiger charge is -2.29. The van der Waals surface area contributed by atoms with Crippen LogP contribution in [-0.4, -0.2) is 68.5 Å². The standard InChI is InChI=1S/C49H95N2O6P/c1-6-8-10-12-13-14-15-16-17-18-19-20-21-22-23-24-25-26-27-28-29-30-31-32-33-34-35-36-37-39-40-42-48(52)47(50-49(53)43-41-38-11-9-7-2)46-57-58(54,55)56-45-44-51(3,4)5/h31-32,35-36,40,42,47-48,52H,6-30,33-34,37-39,41,43-46H2,1-5H3,(H-,50,53,54,55)/b32-31+,36-35+,42-40+. The Morgan fingerprint density at radius 2 is 0.966 bits per heavy atom. The zero-order valence-corrected chi connectivity index (χ0v) is 39.6. The molecule has 0 aromatic rings. The van der Waals surface area contributed by atoms with Gasteiger partial charge in [-0.2, -0.15) is 0 Å². The van der Waals surface area contributed by atoms with Gasteiger partial charge in [-0.15, -0.1) is 0 Å². The molecule has 0 saturated heterocycles. The maximum atomic E-state index is 12.6. The molecule has 0 radical (unpaired) electrons. The van der Waals surface area contributed by atoms with Crippen molar-refractivity contribution in [3.8, 4) is 0 Å². The van der Waals surface area contributed by atoms with Crippen molar-refractivity contribution < 1.29 is 32.9 Å². The van der Waals surface area contributed by atoms with E-state index in [1.54, 1.807) is 6.08 Å². The number of likely N-dealkylation sites (N-methyl/N-ethyl adjacent to an activating group) is 1. The summed E-state index contributed by atoms with van der Waals surface area (Å²) in [6.45, 7) is 4.52. The molecule has 0 saturated carbocycles. The molecular formula is C49H95N2O6P. The largest absolute Gasteiger partial charge is 0.756 e. The SMILES string of the molecule is CCCCCCCCCCCCCCCCCCCCCCC/C=C/CC/C=C/CC/C=C/C(O)C(COP(=O)([O-])OCC[N+](C)(C)C)NC(=O)CCCCCCC. The van der Waals surface area contributed by atoms with Gasteiger partial charge < -0.3 is 28.8 Å². The van der Waals surface area contributed by atoms with Crippen molar-refractivity contribution in [3.05, 3.63) is 36.5 Å². The van der Waals surface area contributed by atoms with Crippen molar-refractivity contribution in [3.63, 3.8) is 0 Å². The molecule has 3 atom stereocenters. The van der Waals surface area contributed by atoms with Gasteiger partial charge in [-0.1, -0.05) is 204 Å². The highest BCUT2D eigenvalue weighted by Crippen LogP contribution is 2.38. The lowest BCUT2D eigenvalue weighted by Crippen LogP contribution is -2.45. The number of rotatable bonds is 44. The number of allylic oxidation sites excluding steroid dienone is 5. The molecule has 1 amide bonds. The van der Waals surface area contributed by atoms with E-state index in [0.29, 0.717) is 17.4 Å². The van der Waals surface area contributed by atoms with Crippen LogP contribution < -0.4 is 10.2 Å². The number of hydrogen-bond donors (Lipinski definition) is 2. The summed E-state index contributed by atoms with van der Waals surface area (Å²) >= 11 is 0. The number of aliphatic hydroxyl groups excluding tert-OH is 1. The van der Waals surface area contributed by atoms with Crippen molar-refractivity contribution in [2.45, 2.75) is 231 Å². The highest BCUT2D eigenvalue weighted by molar-refractivity contribution is 7.45. The maximum Gasteiger partial charge on any atom is 0.268 e. The minimum absolute atomic E-state index is 0.00892. The molecule has 0 aromatic carbocycles. The van der Waals surface area contributed by atoms with E-state index in [4.69, 9.17) is 9.05 Å². The number of quaternary nitrogens is 1. The van der Waals surface area contributed by atoms with E-state index in [-0.39, 0.29) is 12.5 Å². The summed E-state index contributed by atoms with van der Waals surface area (Å²) in [6.07, 6.45) is 51.4. The summed E-state index contributed by atoms with van der Waals surface area (Å²) in [7, 11) is 1.23. The lowest BCUT2D eigenvalue weighted by molar-refractivity contribution is -0.870. The second kappa shape index (κ2) is 41.1. The van der Waals surface area contributed by atoms with Gasteiger partial charge in [0.25, 0.3) is 7.82 Å². The van der Waals surface area contributed by atoms with Gasteiger partial charge in [0, 0.05) is 6.42 Å². The molecule has 0 aliphatic heterocycles. The summed E-state index contributed by atoms with van der Waals surface area (Å²) in [6, 6.07) is -0.903. The summed E-state index contributed by atoms with van der Waals surface area (Å²) in [5.41, 5.74) is 0. The zero-order valence-electron chi connectivity index (χ0n) is 38.8. The Hall–Kier alpha value is -1.28. The van der Waals surface area contributed by atoms with Gasteiger partial charge in [0.2, 0.25) is 5.91 Å². The number of unbranched alkanes of at least 4 members (excludes halogenated alkanes) is 27. The summed E-state index contributed by atoms with van der Waals surface area (Å²) in [4.78, 5) is 25.0. The average Bonchev–Trinajstić information content (AvgIpc) is 3.17. The number of nitrogens with zero attached hydrogens (tertiary/aromatic N) is 1. The number of phosphoric acid groups is 1. The van der Waals surface area contributed by atoms with Crippen LogP contribution in [-0.2, 0) is 18.4 Å². The van der Waals surface area contributed by atoms with Crippen LogP contribution in [0.3, 0.4) is 0 Å². The van der Waals surface area contributed by atoms with Gasteiger partial charge in [-0.3, -0.25) is 9.36 Å². The van der Waals surface area contributed by atoms with Crippen LogP contribution in [0.15, 0.2) is 36.5 Å². The summed E-state index contributed by atoms with van der Waals surface area (Å²) < 4.78 is 23.0. The average molecular weight is 839 g/mol. The van der Waals surface area contributed by atoms with Gasteiger partial charge >= 0.3 is 0 Å². The smallest absolute Gasteiger partial charge is 0.268 e. The van der Waals surface area contributed by atoms with Crippen LogP contribution in [0.5, 0.6) is 0 Å². The molecule has 0 bridgehead atoms. The second-order valence-corrected chi connectivity index (χ2v) is 19.2. The third kappa shape index (κ3) is 42.8. The number of nitrogens with one attached hydrogen (secondary N) is 1. The normalized spacial score (nSPS) is 14.5. The first-order chi connectivity index (χ1) is 28.0. The number of hydrogen-bond acceptors (Lipinski definition) is 6. The van der Waals surface area contributed by atoms with E-state index in [2.05, 4.69) is 43.5 Å². The molecule has 8 nitrogen and oxygen atoms in total. The van der Waals surface area contributed by atoms with Crippen molar-refractivity contribution in [2.24, 2.45) is 0 Å². The monoisotopic (exact) mass is 839 g/mol. The fourth-order valence-corrected chi connectivity index (χ4v) is 7.67. The molecule has 2 N–H and O–H groups in total. The highest BCUT2D eigenvalue weighted by Gasteiger charge is 2.23. The Balaban J connectivity index is 4.01. The van der Waals surface area contributed by atoms with E-state index in [0.717, 1.165) is 57.8 Å². The maximum absolute atomic E-state index is 12.6. The van der Waals surface area contributed by atoms with Crippen LogP contribution in [0.4, 0.5) is 0 Å². The number of carbonyl (C=O) groups excluding carboxylic acids is 1. The van der Waals surface area contributed by atoms with E-state index in [9.17, 15) is 19.4 Å². The molecule has 9 heteroatoms. The molecule has 0 fully saturated rings. The Bertz CT molecular complexity index is 1040. The van der Waals surface area contributed by atoms with E-state index in [1.165, 1.54) is 141 Å². The molecule has 0 heterocycles. The molecule has 0 aliphatic carbocycles. The van der Waals surface area contributed by atoms with Crippen LogP contribution in [0.2, 0.25) is 0 Å². The second-order valence-electron chi connectivity index (χ2n) is 17.8. The van der Waals surface area contributed by atoms with E-state index >= 15 is 0 Å². The van der Waals surface area contributed by atoms with Crippen molar-refractivity contribution in [2.75, 3.05) is 40.9 Å². The van der Waals surface area contributed by atoms with Crippen LogP contribution >= 0.6 is 7.82 Å². The fourth-order valence-electron chi connectivity index (χ4n) is 6.95. The molecular weight excluding hydrogens is 744 g/mol. The molecule has 0 aromatic heterocycles. The molecule has 3 unspecified atom stereocenters. The van der Waals surface area contributed by atoms with Gasteiger partial charge in [0.05, 0.1) is 39.9 Å². The van der Waals surface area contributed by atoms with E-state index in [1.807, 2.05) is 27.2 Å². The summed E-state index contributed by atoms with van der Waals surface area (Å²) in [5.74, 6) is -0.225. The molecule has 342 valence electrons. The zero-order chi connectivity index (χ0) is 42.8. The van der Waals surface area contributed by atoms with Gasteiger partial charge in [0.1, 0.15) is 13.2 Å². The Kier molecular flexibility index (Phi) is 40.2. The first kappa shape index (κ1) is 56.7. The third-order valence-electron chi connectivity index (χ3n) is 10.8.